The number of thioether (sulfide) groups is 1. The standard InChI is InChI=1S/C20H18ClN5O3S2/c21-18-9-17(2-3-19(18)27-31-29-28-23)30-10-14-6-15(20(11-22)4-1-5-20)8-16(7-14)26-13-24-12-25-26/h2-3,6-9,12-13H,1,4-5,10,23H2. The second-order valence-corrected chi connectivity index (χ2v) is 8.87. The van der Waals surface area contributed by atoms with Gasteiger partial charge in [-0.3, -0.25) is 0 Å². The normalized spacial score (nSPS) is 14.6. The predicted molar refractivity (Wildman–Crippen MR) is 118 cm³/mol. The first-order chi connectivity index (χ1) is 15.1. The molecule has 1 saturated carbocycles. The minimum absolute atomic E-state index is 0.411. The molecule has 1 heterocycles. The van der Waals surface area contributed by atoms with Gasteiger partial charge in [0, 0.05) is 10.6 Å². The summed E-state index contributed by atoms with van der Waals surface area (Å²) in [5.41, 5.74) is 2.61. The van der Waals surface area contributed by atoms with Gasteiger partial charge >= 0.3 is 0 Å². The van der Waals surface area contributed by atoms with Crippen LogP contribution in [0.4, 0.5) is 0 Å². The average molecular weight is 476 g/mol. The van der Waals surface area contributed by atoms with Crippen molar-refractivity contribution in [1.29, 1.82) is 5.26 Å². The summed E-state index contributed by atoms with van der Waals surface area (Å²) in [4.78, 5) is 8.98. The molecule has 8 nitrogen and oxygen atoms in total. The van der Waals surface area contributed by atoms with E-state index in [-0.39, 0.29) is 0 Å². The lowest BCUT2D eigenvalue weighted by Gasteiger charge is -2.36. The van der Waals surface area contributed by atoms with Gasteiger partial charge in [0.1, 0.15) is 12.7 Å². The first-order valence-corrected chi connectivity index (χ1v) is 11.4. The Labute approximate surface area is 192 Å². The van der Waals surface area contributed by atoms with Crippen molar-refractivity contribution in [2.24, 2.45) is 5.90 Å². The first kappa shape index (κ1) is 22.0. The molecule has 1 aliphatic rings. The minimum atomic E-state index is -0.411. The van der Waals surface area contributed by atoms with Gasteiger partial charge in [-0.1, -0.05) is 17.7 Å². The molecule has 2 N–H and O–H groups in total. The zero-order valence-corrected chi connectivity index (χ0v) is 18.6. The van der Waals surface area contributed by atoms with Gasteiger partial charge in [0.2, 0.25) is 0 Å². The third-order valence-electron chi connectivity index (χ3n) is 5.13. The highest BCUT2D eigenvalue weighted by atomic mass is 35.5. The number of hydrogen-bond donors (Lipinski definition) is 1. The number of nitriles is 1. The second-order valence-electron chi connectivity index (χ2n) is 6.97. The molecule has 11 heteroatoms. The molecular formula is C20H18ClN5O3S2. The molecule has 0 saturated heterocycles. The lowest BCUT2D eigenvalue weighted by atomic mass is 9.65. The molecule has 160 valence electrons. The van der Waals surface area contributed by atoms with Crippen LogP contribution in [0.5, 0.6) is 5.75 Å². The number of nitrogens with zero attached hydrogens (tertiary/aromatic N) is 4. The molecule has 1 fully saturated rings. The van der Waals surface area contributed by atoms with E-state index in [1.54, 1.807) is 28.8 Å². The van der Waals surface area contributed by atoms with Crippen LogP contribution in [0.1, 0.15) is 30.4 Å². The van der Waals surface area contributed by atoms with Crippen molar-refractivity contribution in [3.8, 4) is 17.5 Å². The van der Waals surface area contributed by atoms with Crippen molar-refractivity contribution in [3.63, 3.8) is 0 Å². The van der Waals surface area contributed by atoms with E-state index < -0.39 is 5.41 Å². The molecule has 2 aromatic carbocycles. The molecule has 0 amide bonds. The number of aromatic nitrogens is 3. The van der Waals surface area contributed by atoms with E-state index in [1.165, 1.54) is 6.33 Å². The van der Waals surface area contributed by atoms with Crippen molar-refractivity contribution in [3.05, 3.63) is 65.2 Å². The lowest BCUT2D eigenvalue weighted by Crippen LogP contribution is -2.32. The van der Waals surface area contributed by atoms with E-state index in [0.717, 1.165) is 41.0 Å². The van der Waals surface area contributed by atoms with E-state index in [2.05, 4.69) is 37.6 Å². The van der Waals surface area contributed by atoms with Crippen LogP contribution in [0.3, 0.4) is 0 Å². The maximum absolute atomic E-state index is 9.80. The van der Waals surface area contributed by atoms with Crippen LogP contribution in [0, 0.1) is 11.3 Å². The molecule has 0 unspecified atom stereocenters. The first-order valence-electron chi connectivity index (χ1n) is 9.33. The number of nitrogens with two attached hydrogens (primary N) is 1. The van der Waals surface area contributed by atoms with Crippen LogP contribution in [-0.2, 0) is 20.5 Å². The fraction of sp³-hybridized carbons (Fsp3) is 0.250. The predicted octanol–water partition coefficient (Wildman–Crippen LogP) is 4.92. The van der Waals surface area contributed by atoms with Crippen molar-refractivity contribution in [1.82, 2.24) is 14.8 Å². The van der Waals surface area contributed by atoms with Crippen molar-refractivity contribution in [2.45, 2.75) is 35.3 Å². The minimum Gasteiger partial charge on any atom is -0.397 e. The summed E-state index contributed by atoms with van der Waals surface area (Å²) in [7, 11) is 0. The maximum atomic E-state index is 9.80. The Balaban J connectivity index is 1.54. The summed E-state index contributed by atoms with van der Waals surface area (Å²) >= 11 is 8.48. The van der Waals surface area contributed by atoms with Gasteiger partial charge in [-0.15, -0.1) is 21.1 Å². The summed E-state index contributed by atoms with van der Waals surface area (Å²) < 4.78 is 11.4. The fourth-order valence-electron chi connectivity index (χ4n) is 3.37. The molecule has 1 aromatic heterocycles. The Hall–Kier alpha value is -2.26. The molecule has 0 radical (unpaired) electrons. The smallest absolute Gasteiger partial charge is 0.260 e. The Kier molecular flexibility index (Phi) is 7.02. The highest BCUT2D eigenvalue weighted by Gasteiger charge is 2.39. The molecule has 0 bridgehead atoms. The third kappa shape index (κ3) is 4.98. The van der Waals surface area contributed by atoms with E-state index in [4.69, 9.17) is 21.7 Å². The van der Waals surface area contributed by atoms with Crippen molar-refractivity contribution >= 4 is 35.7 Å². The Bertz CT molecular complexity index is 1090. The monoisotopic (exact) mass is 475 g/mol. The Morgan fingerprint density at radius 3 is 2.77 bits per heavy atom. The van der Waals surface area contributed by atoms with E-state index in [9.17, 15) is 5.26 Å². The van der Waals surface area contributed by atoms with E-state index in [1.807, 2.05) is 18.2 Å². The van der Waals surface area contributed by atoms with Crippen molar-refractivity contribution in [2.75, 3.05) is 0 Å². The quantitative estimate of drug-likeness (QED) is 0.151. The maximum Gasteiger partial charge on any atom is 0.260 e. The highest BCUT2D eigenvalue weighted by Crippen LogP contribution is 2.44. The molecule has 0 aliphatic heterocycles. The number of benzene rings is 2. The van der Waals surface area contributed by atoms with Gasteiger partial charge < -0.3 is 4.18 Å². The summed E-state index contributed by atoms with van der Waals surface area (Å²) in [6.45, 7) is 0. The molecule has 3 aromatic rings. The molecule has 4 rings (SSSR count). The van der Waals surface area contributed by atoms with Gasteiger partial charge in [-0.2, -0.15) is 16.3 Å². The summed E-state index contributed by atoms with van der Waals surface area (Å²) in [6.07, 6.45) is 5.99. The lowest BCUT2D eigenvalue weighted by molar-refractivity contribution is -0.199. The van der Waals surface area contributed by atoms with Gasteiger partial charge in [0.05, 0.1) is 22.2 Å². The van der Waals surface area contributed by atoms with Crippen LogP contribution >= 0.6 is 35.7 Å². The van der Waals surface area contributed by atoms with Crippen LogP contribution in [0.25, 0.3) is 5.69 Å². The molecule has 0 spiro atoms. The number of rotatable bonds is 9. The Morgan fingerprint density at radius 1 is 1.26 bits per heavy atom. The number of halogens is 1. The van der Waals surface area contributed by atoms with Crippen LogP contribution in [-0.4, -0.2) is 14.8 Å². The van der Waals surface area contributed by atoms with Gasteiger partial charge in [-0.25, -0.2) is 9.67 Å². The number of hydrogen-bond acceptors (Lipinski definition) is 9. The zero-order valence-electron chi connectivity index (χ0n) is 16.2. The largest absolute Gasteiger partial charge is 0.397 e. The Morgan fingerprint density at radius 2 is 2.13 bits per heavy atom. The topological polar surface area (TPSA) is 108 Å². The molecule has 31 heavy (non-hydrogen) atoms. The van der Waals surface area contributed by atoms with E-state index in [0.29, 0.717) is 28.8 Å². The van der Waals surface area contributed by atoms with Crippen LogP contribution in [0.2, 0.25) is 5.02 Å². The molecular weight excluding hydrogens is 458 g/mol. The van der Waals surface area contributed by atoms with Crippen LogP contribution < -0.4 is 10.1 Å². The van der Waals surface area contributed by atoms with Crippen molar-refractivity contribution < 1.29 is 13.5 Å². The van der Waals surface area contributed by atoms with Gasteiger partial charge in [0.25, 0.3) is 12.3 Å². The SMILES string of the molecule is N#CC1(c2cc(CSc3ccc(OSOON)c(Cl)c3)cc(-n3cncn3)c2)CCC1. The summed E-state index contributed by atoms with van der Waals surface area (Å²) in [5, 5.41) is 14.5. The van der Waals surface area contributed by atoms with Crippen LogP contribution in [0.15, 0.2) is 53.9 Å². The summed E-state index contributed by atoms with van der Waals surface area (Å²) in [5.74, 6) is 5.90. The van der Waals surface area contributed by atoms with Gasteiger partial charge in [0.15, 0.2) is 5.75 Å². The average Bonchev–Trinajstić information content (AvgIpc) is 3.28. The third-order valence-corrected chi connectivity index (χ3v) is 6.88. The summed E-state index contributed by atoms with van der Waals surface area (Å²) in [6, 6.07) is 14.2. The van der Waals surface area contributed by atoms with Gasteiger partial charge in [-0.05, 0) is 60.7 Å². The fourth-order valence-corrected chi connectivity index (χ4v) is 4.85. The van der Waals surface area contributed by atoms with E-state index >= 15 is 0 Å². The highest BCUT2D eigenvalue weighted by molar-refractivity contribution is 7.98. The second kappa shape index (κ2) is 9.91. The molecule has 1 aliphatic carbocycles. The zero-order chi connectivity index (χ0) is 21.7. The molecule has 0 atom stereocenters.